The predicted octanol–water partition coefficient (Wildman–Crippen LogP) is 2.69. The summed E-state index contributed by atoms with van der Waals surface area (Å²) in [6.07, 6.45) is 1.60. The quantitative estimate of drug-likeness (QED) is 0.324. The fraction of sp³-hybridized carbons (Fsp3) is 0.143. The smallest absolute Gasteiger partial charge is 0.329 e. The normalized spacial score (nSPS) is 11.3. The minimum Gasteiger partial charge on any atom is -0.496 e. The average Bonchev–Trinajstić information content (AvgIpc) is 3.12. The van der Waals surface area contributed by atoms with Crippen LogP contribution in [0.3, 0.4) is 0 Å². The van der Waals surface area contributed by atoms with E-state index in [0.29, 0.717) is 18.2 Å². The Balaban J connectivity index is 1.78. The van der Waals surface area contributed by atoms with Crippen molar-refractivity contribution in [3.8, 4) is 5.75 Å². The number of hydrogen-bond acceptors (Lipinski definition) is 6. The minimum atomic E-state index is -0.532. The number of fused-ring (bicyclic) bond motifs is 1. The Morgan fingerprint density at radius 3 is 2.74 bits per heavy atom. The van der Waals surface area contributed by atoms with Gasteiger partial charge in [-0.1, -0.05) is 46.3 Å². The number of ether oxygens (including phenoxy) is 1. The summed E-state index contributed by atoms with van der Waals surface area (Å²) in [5, 5.41) is 4.28. The largest absolute Gasteiger partial charge is 0.496 e. The SMILES string of the molecule is COc1ccc(Br)cc1/C=N\Nc1nc2c(c(=O)[nH]c(=O)n2C)n1Cc1ccccc1. The van der Waals surface area contributed by atoms with E-state index in [4.69, 9.17) is 4.74 Å². The molecule has 4 rings (SSSR count). The molecule has 2 aromatic heterocycles. The fourth-order valence-electron chi connectivity index (χ4n) is 3.21. The van der Waals surface area contributed by atoms with Crippen molar-refractivity contribution in [2.24, 2.45) is 12.1 Å². The first-order chi connectivity index (χ1) is 15.0. The van der Waals surface area contributed by atoms with E-state index in [1.165, 1.54) is 4.57 Å². The van der Waals surface area contributed by atoms with Crippen LogP contribution < -0.4 is 21.4 Å². The van der Waals surface area contributed by atoms with Crippen LogP contribution in [0.25, 0.3) is 11.2 Å². The Kier molecular flexibility index (Phi) is 5.72. The highest BCUT2D eigenvalue weighted by Crippen LogP contribution is 2.22. The standard InChI is InChI=1S/C21H19BrN6O3/c1-27-18-17(19(29)25-21(27)30)28(12-13-6-4-3-5-7-13)20(24-18)26-23-11-14-10-15(22)8-9-16(14)31-2/h3-11H,12H2,1-2H3,(H,24,26)(H,25,29,30)/b23-11-. The number of hydrogen-bond donors (Lipinski definition) is 2. The first-order valence-electron chi connectivity index (χ1n) is 9.34. The molecule has 9 nitrogen and oxygen atoms in total. The van der Waals surface area contributed by atoms with Crippen molar-refractivity contribution < 1.29 is 4.74 Å². The predicted molar refractivity (Wildman–Crippen MR) is 123 cm³/mol. The second-order valence-electron chi connectivity index (χ2n) is 6.75. The molecular formula is C21H19BrN6O3. The summed E-state index contributed by atoms with van der Waals surface area (Å²) in [4.78, 5) is 31.4. The van der Waals surface area contributed by atoms with E-state index in [9.17, 15) is 9.59 Å². The number of aryl methyl sites for hydroxylation is 1. The van der Waals surface area contributed by atoms with Gasteiger partial charge in [-0.3, -0.25) is 18.9 Å². The van der Waals surface area contributed by atoms with E-state index < -0.39 is 11.2 Å². The van der Waals surface area contributed by atoms with Crippen molar-refractivity contribution >= 4 is 39.3 Å². The lowest BCUT2D eigenvalue weighted by Gasteiger charge is -2.08. The molecule has 2 heterocycles. The lowest BCUT2D eigenvalue weighted by atomic mass is 10.2. The van der Waals surface area contributed by atoms with Crippen LogP contribution in [0.15, 0.2) is 67.7 Å². The Morgan fingerprint density at radius 1 is 1.23 bits per heavy atom. The van der Waals surface area contributed by atoms with Gasteiger partial charge in [0.25, 0.3) is 5.56 Å². The van der Waals surface area contributed by atoms with E-state index in [2.05, 4.69) is 36.4 Å². The zero-order valence-corrected chi connectivity index (χ0v) is 18.4. The molecule has 0 saturated heterocycles. The zero-order chi connectivity index (χ0) is 22.0. The van der Waals surface area contributed by atoms with Crippen LogP contribution in [-0.2, 0) is 13.6 Å². The van der Waals surface area contributed by atoms with E-state index in [-0.39, 0.29) is 11.2 Å². The number of nitrogens with zero attached hydrogens (tertiary/aromatic N) is 4. The summed E-state index contributed by atoms with van der Waals surface area (Å²) in [5.41, 5.74) is 4.13. The molecule has 2 N–H and O–H groups in total. The minimum absolute atomic E-state index is 0.266. The highest BCUT2D eigenvalue weighted by molar-refractivity contribution is 9.10. The molecule has 0 fully saturated rings. The second-order valence-corrected chi connectivity index (χ2v) is 7.67. The number of methoxy groups -OCH3 is 1. The van der Waals surface area contributed by atoms with Gasteiger partial charge in [0.15, 0.2) is 11.2 Å². The number of halogens is 1. The van der Waals surface area contributed by atoms with E-state index in [0.717, 1.165) is 15.6 Å². The molecule has 0 amide bonds. The summed E-state index contributed by atoms with van der Waals surface area (Å²) in [5.74, 6) is 0.987. The van der Waals surface area contributed by atoms with E-state index in [1.807, 2.05) is 48.5 Å². The van der Waals surface area contributed by atoms with E-state index >= 15 is 0 Å². The third-order valence-corrected chi connectivity index (χ3v) is 5.24. The fourth-order valence-corrected chi connectivity index (χ4v) is 3.58. The highest BCUT2D eigenvalue weighted by atomic mass is 79.9. The molecule has 0 bridgehead atoms. The Bertz CT molecular complexity index is 1390. The van der Waals surface area contributed by atoms with Gasteiger partial charge in [-0.15, -0.1) is 0 Å². The van der Waals surface area contributed by atoms with E-state index in [1.54, 1.807) is 24.9 Å². The van der Waals surface area contributed by atoms with Crippen molar-refractivity contribution in [2.75, 3.05) is 12.5 Å². The van der Waals surface area contributed by atoms with Crippen LogP contribution in [-0.4, -0.2) is 32.4 Å². The lowest BCUT2D eigenvalue weighted by molar-refractivity contribution is 0.414. The molecule has 158 valence electrons. The summed E-state index contributed by atoms with van der Waals surface area (Å²) in [7, 11) is 3.14. The molecular weight excluding hydrogens is 464 g/mol. The summed E-state index contributed by atoms with van der Waals surface area (Å²) in [6.45, 7) is 0.372. The summed E-state index contributed by atoms with van der Waals surface area (Å²) in [6, 6.07) is 15.2. The van der Waals surface area contributed by atoms with Gasteiger partial charge in [-0.05, 0) is 23.8 Å². The molecule has 2 aromatic carbocycles. The first kappa shape index (κ1) is 20.6. The number of hydrazone groups is 1. The van der Waals surface area contributed by atoms with Crippen LogP contribution >= 0.6 is 15.9 Å². The highest BCUT2D eigenvalue weighted by Gasteiger charge is 2.17. The number of H-pyrrole nitrogens is 1. The van der Waals surface area contributed by atoms with Gasteiger partial charge in [0.1, 0.15) is 5.75 Å². The van der Waals surface area contributed by atoms with Gasteiger partial charge in [0.05, 0.1) is 19.9 Å². The van der Waals surface area contributed by atoms with Gasteiger partial charge in [0, 0.05) is 17.1 Å². The molecule has 0 aliphatic carbocycles. The third-order valence-electron chi connectivity index (χ3n) is 4.75. The Morgan fingerprint density at radius 2 is 2.00 bits per heavy atom. The van der Waals surface area contributed by atoms with Crippen LogP contribution in [0.4, 0.5) is 5.95 Å². The molecule has 0 aliphatic heterocycles. The second kappa shape index (κ2) is 8.60. The molecule has 4 aromatic rings. The molecule has 31 heavy (non-hydrogen) atoms. The van der Waals surface area contributed by atoms with Crippen molar-refractivity contribution in [1.29, 1.82) is 0 Å². The Labute approximate surface area is 185 Å². The maximum atomic E-state index is 12.6. The molecule has 0 aliphatic rings. The Hall–Kier alpha value is -3.66. The number of rotatable bonds is 6. The maximum Gasteiger partial charge on any atom is 0.329 e. The van der Waals surface area contributed by atoms with Gasteiger partial charge in [-0.25, -0.2) is 10.2 Å². The summed E-state index contributed by atoms with van der Waals surface area (Å²) < 4.78 is 9.23. The molecule has 0 atom stereocenters. The van der Waals surface area contributed by atoms with Crippen LogP contribution in [0.5, 0.6) is 5.75 Å². The molecule has 0 radical (unpaired) electrons. The maximum absolute atomic E-state index is 12.6. The number of aromatic nitrogens is 4. The van der Waals surface area contributed by atoms with Crippen LogP contribution in [0.2, 0.25) is 0 Å². The van der Waals surface area contributed by atoms with Crippen molar-refractivity contribution in [1.82, 2.24) is 19.1 Å². The molecule has 0 unspecified atom stereocenters. The number of aromatic amines is 1. The van der Waals surface area contributed by atoms with Crippen LogP contribution in [0, 0.1) is 0 Å². The van der Waals surface area contributed by atoms with Gasteiger partial charge in [-0.2, -0.15) is 10.1 Å². The topological polar surface area (TPSA) is 106 Å². The van der Waals surface area contributed by atoms with Crippen molar-refractivity contribution in [3.05, 3.63) is 85.0 Å². The van der Waals surface area contributed by atoms with Crippen molar-refractivity contribution in [2.45, 2.75) is 6.54 Å². The lowest BCUT2D eigenvalue weighted by Crippen LogP contribution is -2.29. The molecule has 10 heteroatoms. The van der Waals surface area contributed by atoms with Gasteiger partial charge < -0.3 is 4.74 Å². The van der Waals surface area contributed by atoms with Crippen molar-refractivity contribution in [3.63, 3.8) is 0 Å². The number of benzene rings is 2. The van der Waals surface area contributed by atoms with Gasteiger partial charge in [0.2, 0.25) is 5.95 Å². The summed E-state index contributed by atoms with van der Waals surface area (Å²) >= 11 is 3.43. The molecule has 0 spiro atoms. The molecule has 0 saturated carbocycles. The number of anilines is 1. The number of imidazole rings is 1. The van der Waals surface area contributed by atoms with Crippen LogP contribution in [0.1, 0.15) is 11.1 Å². The van der Waals surface area contributed by atoms with Gasteiger partial charge >= 0.3 is 5.69 Å². The monoisotopic (exact) mass is 482 g/mol. The zero-order valence-electron chi connectivity index (χ0n) is 16.8. The average molecular weight is 483 g/mol. The third kappa shape index (κ3) is 4.15. The first-order valence-corrected chi connectivity index (χ1v) is 10.1. The number of nitrogens with one attached hydrogen (secondary N) is 2.